The maximum absolute atomic E-state index is 12.4. The van der Waals surface area contributed by atoms with E-state index in [1.165, 1.54) is 0 Å². The van der Waals surface area contributed by atoms with Gasteiger partial charge in [0.2, 0.25) is 0 Å². The van der Waals surface area contributed by atoms with Crippen LogP contribution in [0.5, 0.6) is 0 Å². The fraction of sp³-hybridized carbons (Fsp3) is 0.389. The maximum Gasteiger partial charge on any atom is 0.326 e. The van der Waals surface area contributed by atoms with Crippen LogP contribution < -0.4 is 10.6 Å². The zero-order valence-electron chi connectivity index (χ0n) is 14.8. The molecule has 1 aromatic carbocycles. The van der Waals surface area contributed by atoms with Gasteiger partial charge in [0.1, 0.15) is 11.9 Å². The summed E-state index contributed by atoms with van der Waals surface area (Å²) in [6.45, 7) is 3.81. The molecule has 2 rings (SSSR count). The molecular weight excluding hydrogens is 400 g/mol. The lowest BCUT2D eigenvalue weighted by atomic mass is 10.1. The van der Waals surface area contributed by atoms with Crippen molar-refractivity contribution >= 4 is 33.6 Å². The molecule has 0 bridgehead atoms. The second-order valence-corrected chi connectivity index (χ2v) is 6.82. The molecule has 7 nitrogen and oxygen atoms in total. The van der Waals surface area contributed by atoms with Crippen LogP contribution in [-0.2, 0) is 4.79 Å². The molecule has 1 aromatic heterocycles. The van der Waals surface area contributed by atoms with E-state index in [4.69, 9.17) is 0 Å². The summed E-state index contributed by atoms with van der Waals surface area (Å²) >= 11 is 3.35. The highest BCUT2D eigenvalue weighted by atomic mass is 79.9. The van der Waals surface area contributed by atoms with Crippen molar-refractivity contribution in [1.29, 1.82) is 0 Å². The van der Waals surface area contributed by atoms with Gasteiger partial charge in [-0.2, -0.15) is 0 Å². The zero-order valence-corrected chi connectivity index (χ0v) is 16.4. The number of imidazole rings is 1. The molecule has 0 fully saturated rings. The minimum Gasteiger partial charge on any atom is -0.480 e. The van der Waals surface area contributed by atoms with Crippen molar-refractivity contribution in [3.05, 3.63) is 47.0 Å². The van der Waals surface area contributed by atoms with Crippen LogP contribution in [0.4, 0.5) is 10.5 Å². The van der Waals surface area contributed by atoms with E-state index >= 15 is 0 Å². The average molecular weight is 423 g/mol. The number of aliphatic carboxylic acids is 1. The number of anilines is 1. The van der Waals surface area contributed by atoms with Gasteiger partial charge in [0.15, 0.2) is 0 Å². The van der Waals surface area contributed by atoms with Gasteiger partial charge in [-0.3, -0.25) is 0 Å². The number of hydrogen-bond acceptors (Lipinski definition) is 3. The molecule has 0 aliphatic carbocycles. The third-order valence-electron chi connectivity index (χ3n) is 4.00. The summed E-state index contributed by atoms with van der Waals surface area (Å²) in [6, 6.07) is 5.81. The van der Waals surface area contributed by atoms with Gasteiger partial charge in [0.25, 0.3) is 0 Å². The normalized spacial score (nSPS) is 13.0. The van der Waals surface area contributed by atoms with Crippen molar-refractivity contribution in [1.82, 2.24) is 14.9 Å². The third kappa shape index (κ3) is 5.08. The summed E-state index contributed by atoms with van der Waals surface area (Å²) in [6.07, 6.45) is 5.12. The topological polar surface area (TPSA) is 96.3 Å². The second kappa shape index (κ2) is 9.38. The monoisotopic (exact) mass is 422 g/mol. The SMILES string of the molecule is CCC[C@H](NC(=O)Nc1ccc(Br)cc1)c1nccn1C(CC)C(=O)O. The lowest BCUT2D eigenvalue weighted by Gasteiger charge is -2.22. The zero-order chi connectivity index (χ0) is 19.1. The molecule has 1 unspecified atom stereocenters. The Bertz CT molecular complexity index is 745. The number of carbonyl (C=O) groups is 2. The molecule has 0 aliphatic heterocycles. The van der Waals surface area contributed by atoms with Gasteiger partial charge in [-0.1, -0.05) is 36.2 Å². The van der Waals surface area contributed by atoms with E-state index in [0.717, 1.165) is 10.9 Å². The van der Waals surface area contributed by atoms with Crippen molar-refractivity contribution in [3.63, 3.8) is 0 Å². The quantitative estimate of drug-likeness (QED) is 0.589. The van der Waals surface area contributed by atoms with Crippen molar-refractivity contribution in [2.24, 2.45) is 0 Å². The van der Waals surface area contributed by atoms with E-state index in [-0.39, 0.29) is 12.1 Å². The standard InChI is InChI=1S/C18H23BrN4O3/c1-3-5-14(16-20-10-11-23(16)15(4-2)17(24)25)22-18(26)21-13-8-6-12(19)7-9-13/h6-11,14-15H,3-5H2,1-2H3,(H,24,25)(H2,21,22,26)/t14-,15?/m0/s1. The Morgan fingerprint density at radius 3 is 2.54 bits per heavy atom. The molecule has 140 valence electrons. The van der Waals surface area contributed by atoms with Crippen LogP contribution in [0, 0.1) is 0 Å². The number of halogens is 1. The predicted molar refractivity (Wildman–Crippen MR) is 103 cm³/mol. The van der Waals surface area contributed by atoms with E-state index in [2.05, 4.69) is 31.5 Å². The van der Waals surface area contributed by atoms with Crippen LogP contribution in [0.1, 0.15) is 51.0 Å². The third-order valence-corrected chi connectivity index (χ3v) is 4.53. The van der Waals surface area contributed by atoms with Crippen LogP contribution in [0.2, 0.25) is 0 Å². The van der Waals surface area contributed by atoms with Crippen LogP contribution in [0.25, 0.3) is 0 Å². The van der Waals surface area contributed by atoms with E-state index < -0.39 is 12.0 Å². The number of urea groups is 1. The number of aromatic nitrogens is 2. The Morgan fingerprint density at radius 1 is 1.27 bits per heavy atom. The second-order valence-electron chi connectivity index (χ2n) is 5.90. The smallest absolute Gasteiger partial charge is 0.326 e. The molecule has 1 heterocycles. The average Bonchev–Trinajstić information content (AvgIpc) is 3.06. The van der Waals surface area contributed by atoms with Crippen LogP contribution in [0.3, 0.4) is 0 Å². The molecule has 2 atom stereocenters. The number of carbonyl (C=O) groups excluding carboxylic acids is 1. The Balaban J connectivity index is 2.16. The molecule has 8 heteroatoms. The summed E-state index contributed by atoms with van der Waals surface area (Å²) in [5.41, 5.74) is 0.668. The highest BCUT2D eigenvalue weighted by Gasteiger charge is 2.25. The lowest BCUT2D eigenvalue weighted by Crippen LogP contribution is -2.35. The van der Waals surface area contributed by atoms with Crippen molar-refractivity contribution in [2.45, 2.75) is 45.2 Å². The largest absolute Gasteiger partial charge is 0.480 e. The summed E-state index contributed by atoms with van der Waals surface area (Å²) in [5, 5.41) is 15.1. The first-order valence-corrected chi connectivity index (χ1v) is 9.34. The van der Waals surface area contributed by atoms with Crippen molar-refractivity contribution in [3.8, 4) is 0 Å². The highest BCUT2D eigenvalue weighted by Crippen LogP contribution is 2.23. The van der Waals surface area contributed by atoms with Gasteiger partial charge in [-0.05, 0) is 37.1 Å². The lowest BCUT2D eigenvalue weighted by molar-refractivity contribution is -0.141. The first-order valence-electron chi connectivity index (χ1n) is 8.54. The van der Waals surface area contributed by atoms with Gasteiger partial charge in [-0.25, -0.2) is 14.6 Å². The number of nitrogens with zero attached hydrogens (tertiary/aromatic N) is 2. The van der Waals surface area contributed by atoms with E-state index in [0.29, 0.717) is 24.4 Å². The van der Waals surface area contributed by atoms with Gasteiger partial charge in [0, 0.05) is 22.6 Å². The number of carboxylic acids is 1. The first-order chi connectivity index (χ1) is 12.5. The summed E-state index contributed by atoms with van der Waals surface area (Å²) in [4.78, 5) is 28.2. The summed E-state index contributed by atoms with van der Waals surface area (Å²) in [5.74, 6) is -0.367. The minimum absolute atomic E-state index is 0.358. The summed E-state index contributed by atoms with van der Waals surface area (Å²) in [7, 11) is 0. The molecule has 0 saturated heterocycles. The Morgan fingerprint density at radius 2 is 1.96 bits per heavy atom. The fourth-order valence-corrected chi connectivity index (χ4v) is 3.03. The maximum atomic E-state index is 12.4. The Kier molecular flexibility index (Phi) is 7.20. The number of benzene rings is 1. The molecule has 0 aliphatic rings. The van der Waals surface area contributed by atoms with E-state index in [1.807, 2.05) is 26.0 Å². The Hall–Kier alpha value is -2.35. The van der Waals surface area contributed by atoms with Crippen LogP contribution >= 0.6 is 15.9 Å². The van der Waals surface area contributed by atoms with Gasteiger partial charge >= 0.3 is 12.0 Å². The predicted octanol–water partition coefficient (Wildman–Crippen LogP) is 4.34. The van der Waals surface area contributed by atoms with Gasteiger partial charge in [-0.15, -0.1) is 0 Å². The molecule has 0 spiro atoms. The highest BCUT2D eigenvalue weighted by molar-refractivity contribution is 9.10. The molecule has 3 N–H and O–H groups in total. The molecule has 26 heavy (non-hydrogen) atoms. The van der Waals surface area contributed by atoms with Gasteiger partial charge in [0.05, 0.1) is 6.04 Å². The van der Waals surface area contributed by atoms with E-state index in [9.17, 15) is 14.7 Å². The Labute approximate surface area is 160 Å². The number of rotatable bonds is 8. The van der Waals surface area contributed by atoms with Crippen molar-refractivity contribution < 1.29 is 14.7 Å². The number of hydrogen-bond donors (Lipinski definition) is 3. The number of carboxylic acid groups (broad SMARTS) is 1. The van der Waals surface area contributed by atoms with Gasteiger partial charge < -0.3 is 20.3 Å². The van der Waals surface area contributed by atoms with Crippen molar-refractivity contribution in [2.75, 3.05) is 5.32 Å². The summed E-state index contributed by atoms with van der Waals surface area (Å²) < 4.78 is 2.55. The molecule has 2 aromatic rings. The van der Waals surface area contributed by atoms with E-state index in [1.54, 1.807) is 29.1 Å². The minimum atomic E-state index is -0.915. The molecular formula is C18H23BrN4O3. The number of nitrogens with one attached hydrogen (secondary N) is 2. The van der Waals surface area contributed by atoms with Crippen LogP contribution in [-0.4, -0.2) is 26.7 Å². The molecule has 0 radical (unpaired) electrons. The molecule has 0 saturated carbocycles. The molecule has 2 amide bonds. The first kappa shape index (κ1) is 20.0. The number of amides is 2. The van der Waals surface area contributed by atoms with Crippen LogP contribution in [0.15, 0.2) is 41.1 Å². The fourth-order valence-electron chi connectivity index (χ4n) is 2.76.